The molecule has 0 aliphatic heterocycles. The van der Waals surface area contributed by atoms with Crippen LogP contribution in [0.4, 0.5) is 34.1 Å². The van der Waals surface area contributed by atoms with Gasteiger partial charge in [-0.1, -0.05) is 146 Å². The highest BCUT2D eigenvalue weighted by Crippen LogP contribution is 2.44. The van der Waals surface area contributed by atoms with Crippen LogP contribution in [0.5, 0.6) is 0 Å². The molecule has 294 valence electrons. The molecule has 2 nitrogen and oxygen atoms in total. The first-order valence-corrected chi connectivity index (χ1v) is 22.0. The Bertz CT molecular complexity index is 3380. The summed E-state index contributed by atoms with van der Waals surface area (Å²) in [5, 5.41) is 10.6. The highest BCUT2D eigenvalue weighted by Gasteiger charge is 2.20. The van der Waals surface area contributed by atoms with Gasteiger partial charge in [-0.15, -0.1) is 0 Å². The predicted octanol–water partition coefficient (Wildman–Crippen LogP) is 16.8. The van der Waals surface area contributed by atoms with Crippen molar-refractivity contribution in [3.8, 4) is 11.1 Å². The Hall–Kier alpha value is -7.68. The number of nitrogens with zero attached hydrogens (tertiary/aromatic N) is 2. The molecule has 0 radical (unpaired) electrons. The van der Waals surface area contributed by atoms with Crippen molar-refractivity contribution in [2.75, 3.05) is 9.80 Å². The smallest absolute Gasteiger partial charge is 0.0468 e. The van der Waals surface area contributed by atoms with E-state index in [1.807, 2.05) is 0 Å². The van der Waals surface area contributed by atoms with Crippen molar-refractivity contribution >= 4 is 89.4 Å². The van der Waals surface area contributed by atoms with E-state index in [2.05, 4.69) is 228 Å². The molecular formula is C60H44N2. The van der Waals surface area contributed by atoms with Crippen LogP contribution in [0.15, 0.2) is 206 Å². The van der Waals surface area contributed by atoms with Crippen molar-refractivity contribution in [3.63, 3.8) is 0 Å². The van der Waals surface area contributed by atoms with Gasteiger partial charge in [-0.2, -0.15) is 0 Å². The van der Waals surface area contributed by atoms with Gasteiger partial charge in [-0.25, -0.2) is 0 Å². The average Bonchev–Trinajstić information content (AvgIpc) is 3.35. The molecule has 0 bridgehead atoms. The first-order valence-electron chi connectivity index (χ1n) is 22.0. The molecule has 0 aromatic heterocycles. The van der Waals surface area contributed by atoms with Crippen molar-refractivity contribution in [1.29, 1.82) is 0 Å². The van der Waals surface area contributed by atoms with Gasteiger partial charge in [0.1, 0.15) is 0 Å². The quantitative estimate of drug-likeness (QED) is 0.148. The number of allylic oxidation sites excluding steroid dienone is 2. The molecular weight excluding hydrogens is 749 g/mol. The predicted molar refractivity (Wildman–Crippen MR) is 266 cm³/mol. The second-order valence-electron chi connectivity index (χ2n) is 16.7. The second kappa shape index (κ2) is 15.1. The summed E-state index contributed by atoms with van der Waals surface area (Å²) in [6.45, 7) is 0. The van der Waals surface area contributed by atoms with Crippen LogP contribution in [0.3, 0.4) is 0 Å². The van der Waals surface area contributed by atoms with Gasteiger partial charge in [0.15, 0.2) is 0 Å². The molecule has 0 fully saturated rings. The van der Waals surface area contributed by atoms with Crippen LogP contribution in [0.25, 0.3) is 66.4 Å². The van der Waals surface area contributed by atoms with E-state index >= 15 is 0 Å². The van der Waals surface area contributed by atoms with Gasteiger partial charge in [0.2, 0.25) is 0 Å². The molecule has 0 unspecified atom stereocenters. The number of para-hydroxylation sites is 2. The second-order valence-corrected chi connectivity index (χ2v) is 16.7. The summed E-state index contributed by atoms with van der Waals surface area (Å²) in [5.74, 6) is 0. The van der Waals surface area contributed by atoms with E-state index in [4.69, 9.17) is 0 Å². The van der Waals surface area contributed by atoms with Crippen LogP contribution in [0.1, 0.15) is 35.1 Å². The maximum atomic E-state index is 2.40. The van der Waals surface area contributed by atoms with Crippen LogP contribution in [0, 0.1) is 0 Å². The Morgan fingerprint density at radius 3 is 1.16 bits per heavy atom. The molecule has 0 spiro atoms. The summed E-state index contributed by atoms with van der Waals surface area (Å²) in [6.07, 6.45) is 13.7. The van der Waals surface area contributed by atoms with E-state index in [1.54, 1.807) is 0 Å². The minimum absolute atomic E-state index is 1.07. The summed E-state index contributed by atoms with van der Waals surface area (Å²) >= 11 is 0. The lowest BCUT2D eigenvalue weighted by Gasteiger charge is -2.27. The standard InChI is InChI=1S/C60H44N2/c1-3-15-43(16-4-1)61(47-35-37-57-53-23-9-7-19-49(53)51-21-11-13-25-55(51)59(57)39-47)45-31-27-41(28-32-45)42-29-33-46(34-30-42)62(44-17-5-2-6-18-44)48-36-38-58-54-24-10-8-20-50(54)52-22-12-14-26-56(52)60(58)40-48/h1-7,9-10,12-19,22-40H,8,11,20-21H2. The fourth-order valence-corrected chi connectivity index (χ4v) is 10.3. The van der Waals surface area contributed by atoms with E-state index in [0.29, 0.717) is 0 Å². The van der Waals surface area contributed by atoms with Crippen molar-refractivity contribution in [2.45, 2.75) is 25.7 Å². The Kier molecular flexibility index (Phi) is 8.81. The van der Waals surface area contributed by atoms with Crippen LogP contribution in [-0.2, 0) is 12.8 Å². The highest BCUT2D eigenvalue weighted by molar-refractivity contribution is 6.15. The van der Waals surface area contributed by atoms with Gasteiger partial charge in [0.05, 0.1) is 0 Å². The third-order valence-electron chi connectivity index (χ3n) is 13.1. The molecule has 62 heavy (non-hydrogen) atoms. The third kappa shape index (κ3) is 6.10. The lowest BCUT2D eigenvalue weighted by atomic mass is 9.86. The first-order chi connectivity index (χ1) is 30.8. The molecule has 2 aliphatic carbocycles. The van der Waals surface area contributed by atoms with Crippen molar-refractivity contribution < 1.29 is 0 Å². The van der Waals surface area contributed by atoms with E-state index in [9.17, 15) is 0 Å². The number of fused-ring (bicyclic) bond motifs is 12. The van der Waals surface area contributed by atoms with Crippen LogP contribution in [0.2, 0.25) is 0 Å². The largest absolute Gasteiger partial charge is 0.310 e. The zero-order chi connectivity index (χ0) is 41.0. The summed E-state index contributed by atoms with van der Waals surface area (Å²) in [4.78, 5) is 4.77. The Morgan fingerprint density at radius 2 is 0.645 bits per heavy atom. The van der Waals surface area contributed by atoms with Gasteiger partial charge in [-0.05, 0) is 175 Å². The zero-order valence-corrected chi connectivity index (χ0v) is 34.5. The molecule has 0 N–H and O–H groups in total. The molecule has 12 rings (SSSR count). The number of benzene rings is 10. The highest BCUT2D eigenvalue weighted by atomic mass is 15.1. The molecule has 0 saturated heterocycles. The fraction of sp³-hybridized carbons (Fsp3) is 0.0667. The minimum Gasteiger partial charge on any atom is -0.310 e. The van der Waals surface area contributed by atoms with Gasteiger partial charge in [0.25, 0.3) is 0 Å². The molecule has 0 amide bonds. The number of aryl methyl sites for hydroxylation is 2. The fourth-order valence-electron chi connectivity index (χ4n) is 10.3. The molecule has 0 atom stereocenters. The number of anilines is 6. The van der Waals surface area contributed by atoms with E-state index in [1.165, 1.54) is 76.5 Å². The van der Waals surface area contributed by atoms with Crippen LogP contribution >= 0.6 is 0 Å². The molecule has 2 heteroatoms. The summed E-state index contributed by atoms with van der Waals surface area (Å²) in [7, 11) is 0. The lowest BCUT2D eigenvalue weighted by molar-refractivity contribution is 1.00. The van der Waals surface area contributed by atoms with Crippen LogP contribution in [-0.4, -0.2) is 0 Å². The Balaban J connectivity index is 0.912. The summed E-state index contributed by atoms with van der Waals surface area (Å²) < 4.78 is 0. The first kappa shape index (κ1) is 36.2. The van der Waals surface area contributed by atoms with E-state index < -0.39 is 0 Å². The molecule has 0 saturated carbocycles. The van der Waals surface area contributed by atoms with Crippen molar-refractivity contribution in [2.24, 2.45) is 0 Å². The Labute approximate surface area is 362 Å². The Morgan fingerprint density at radius 1 is 0.274 bits per heavy atom. The maximum absolute atomic E-state index is 2.40. The van der Waals surface area contributed by atoms with Crippen LogP contribution < -0.4 is 9.80 Å². The maximum Gasteiger partial charge on any atom is 0.0468 e. The molecule has 10 aromatic rings. The topological polar surface area (TPSA) is 6.48 Å². The number of rotatable bonds is 7. The number of hydrogen-bond acceptors (Lipinski definition) is 2. The SMILES string of the molecule is C1=Cc2c(c3ccccc3c3ccc(N(c4ccccc4)c4ccc(-c5ccc(N(c6ccccc6)c6ccc7c8c(c9ccccc9c7c6)CCC=C8)cc5)cc4)cc23)CC1. The molecule has 2 aliphatic rings. The van der Waals surface area contributed by atoms with E-state index in [0.717, 1.165) is 59.8 Å². The van der Waals surface area contributed by atoms with Gasteiger partial charge in [-0.3, -0.25) is 0 Å². The van der Waals surface area contributed by atoms with Gasteiger partial charge < -0.3 is 9.80 Å². The summed E-state index contributed by atoms with van der Waals surface area (Å²) in [5.41, 5.74) is 14.8. The summed E-state index contributed by atoms with van der Waals surface area (Å²) in [6, 6.07) is 71.5. The zero-order valence-electron chi connectivity index (χ0n) is 34.5. The van der Waals surface area contributed by atoms with Gasteiger partial charge >= 0.3 is 0 Å². The van der Waals surface area contributed by atoms with Crippen molar-refractivity contribution in [3.05, 3.63) is 229 Å². The van der Waals surface area contributed by atoms with E-state index in [-0.39, 0.29) is 0 Å². The lowest BCUT2D eigenvalue weighted by Crippen LogP contribution is -2.10. The molecule has 0 heterocycles. The average molecular weight is 793 g/mol. The van der Waals surface area contributed by atoms with Crippen molar-refractivity contribution in [1.82, 2.24) is 0 Å². The number of hydrogen-bond donors (Lipinski definition) is 0. The van der Waals surface area contributed by atoms with Gasteiger partial charge in [0, 0.05) is 34.1 Å². The monoisotopic (exact) mass is 792 g/mol. The minimum atomic E-state index is 1.07. The normalized spacial score (nSPS) is 13.1. The third-order valence-corrected chi connectivity index (χ3v) is 13.1. The molecule has 10 aromatic carbocycles.